The predicted molar refractivity (Wildman–Crippen MR) is 87.9 cm³/mol. The highest BCUT2D eigenvalue weighted by atomic mass is 32.1. The summed E-state index contributed by atoms with van der Waals surface area (Å²) in [4.78, 5) is 15.1. The topological polar surface area (TPSA) is 77.3 Å². The second-order valence-electron chi connectivity index (χ2n) is 5.28. The van der Waals surface area contributed by atoms with Crippen molar-refractivity contribution in [2.24, 2.45) is 0 Å². The molecule has 0 bridgehead atoms. The van der Waals surface area contributed by atoms with Crippen LogP contribution in [0.4, 0.5) is 11.4 Å². The van der Waals surface area contributed by atoms with Gasteiger partial charge in [0.05, 0.1) is 28.8 Å². The summed E-state index contributed by atoms with van der Waals surface area (Å²) < 4.78 is 5.07. The molecular formula is C15H19N3O3S. The van der Waals surface area contributed by atoms with E-state index in [2.05, 4.69) is 24.1 Å². The SMILES string of the molecule is COc1cc(NC(C)c2csc(C(C)C)n2)ccc1[N+](=O)[O-]. The number of methoxy groups -OCH3 is 1. The van der Waals surface area contributed by atoms with Crippen LogP contribution in [-0.4, -0.2) is 17.0 Å². The Morgan fingerprint density at radius 3 is 2.64 bits per heavy atom. The summed E-state index contributed by atoms with van der Waals surface area (Å²) in [5.41, 5.74) is 1.68. The average molecular weight is 321 g/mol. The third-order valence-corrected chi connectivity index (χ3v) is 4.40. The molecule has 0 radical (unpaired) electrons. The van der Waals surface area contributed by atoms with Crippen LogP contribution in [0.15, 0.2) is 23.6 Å². The molecule has 0 aliphatic heterocycles. The van der Waals surface area contributed by atoms with E-state index in [9.17, 15) is 10.1 Å². The summed E-state index contributed by atoms with van der Waals surface area (Å²) in [5, 5.41) is 17.3. The minimum atomic E-state index is -0.457. The van der Waals surface area contributed by atoms with E-state index in [-0.39, 0.29) is 17.5 Å². The Morgan fingerprint density at radius 2 is 2.09 bits per heavy atom. The number of nitro benzene ring substituents is 1. The Bertz CT molecular complexity index is 670. The van der Waals surface area contributed by atoms with Gasteiger partial charge in [0.2, 0.25) is 0 Å². The van der Waals surface area contributed by atoms with Crippen molar-refractivity contribution in [3.8, 4) is 5.75 Å². The first-order valence-corrected chi connectivity index (χ1v) is 7.84. The zero-order chi connectivity index (χ0) is 16.3. The van der Waals surface area contributed by atoms with Crippen molar-refractivity contribution in [3.63, 3.8) is 0 Å². The fourth-order valence-electron chi connectivity index (χ4n) is 2.01. The molecule has 2 aromatic rings. The maximum Gasteiger partial charge on any atom is 0.311 e. The number of nitrogens with one attached hydrogen (secondary N) is 1. The van der Waals surface area contributed by atoms with Gasteiger partial charge in [0, 0.05) is 29.1 Å². The van der Waals surface area contributed by atoms with Crippen molar-refractivity contribution >= 4 is 22.7 Å². The van der Waals surface area contributed by atoms with E-state index in [4.69, 9.17) is 4.74 Å². The van der Waals surface area contributed by atoms with E-state index in [0.29, 0.717) is 5.92 Å². The van der Waals surface area contributed by atoms with Gasteiger partial charge in [-0.25, -0.2) is 4.98 Å². The number of benzene rings is 1. The Balaban J connectivity index is 2.17. The standard InChI is InChI=1S/C15H19N3O3S/c1-9(2)15-17-12(8-22-15)10(3)16-11-5-6-13(18(19)20)14(7-11)21-4/h5-10,16H,1-4H3. The predicted octanol–water partition coefficient (Wildman–Crippen LogP) is 4.36. The molecule has 7 heteroatoms. The lowest BCUT2D eigenvalue weighted by Crippen LogP contribution is -2.07. The van der Waals surface area contributed by atoms with Crippen LogP contribution in [0.2, 0.25) is 0 Å². The molecular weight excluding hydrogens is 302 g/mol. The molecule has 0 spiro atoms. The number of ether oxygens (including phenoxy) is 1. The van der Waals surface area contributed by atoms with E-state index in [1.54, 1.807) is 23.5 Å². The molecule has 22 heavy (non-hydrogen) atoms. The Kier molecular flexibility index (Phi) is 4.97. The third-order valence-electron chi connectivity index (χ3n) is 3.24. The molecule has 1 heterocycles. The first-order valence-electron chi connectivity index (χ1n) is 6.96. The summed E-state index contributed by atoms with van der Waals surface area (Å²) in [6, 6.07) is 4.75. The number of nitrogens with zero attached hydrogens (tertiary/aromatic N) is 2. The largest absolute Gasteiger partial charge is 0.490 e. The average Bonchev–Trinajstić information content (AvgIpc) is 2.97. The van der Waals surface area contributed by atoms with Crippen molar-refractivity contribution in [2.45, 2.75) is 32.7 Å². The van der Waals surface area contributed by atoms with E-state index in [0.717, 1.165) is 16.4 Å². The van der Waals surface area contributed by atoms with Crippen LogP contribution in [0.3, 0.4) is 0 Å². The van der Waals surface area contributed by atoms with Gasteiger partial charge in [-0.15, -0.1) is 11.3 Å². The fourth-order valence-corrected chi connectivity index (χ4v) is 2.94. The zero-order valence-electron chi connectivity index (χ0n) is 13.0. The lowest BCUT2D eigenvalue weighted by Gasteiger charge is -2.14. The molecule has 0 saturated heterocycles. The first kappa shape index (κ1) is 16.2. The van der Waals surface area contributed by atoms with Crippen LogP contribution in [0.25, 0.3) is 0 Å². The lowest BCUT2D eigenvalue weighted by atomic mass is 10.2. The number of hydrogen-bond donors (Lipinski definition) is 1. The monoisotopic (exact) mass is 321 g/mol. The van der Waals surface area contributed by atoms with Gasteiger partial charge in [0.25, 0.3) is 0 Å². The lowest BCUT2D eigenvalue weighted by molar-refractivity contribution is -0.385. The quantitative estimate of drug-likeness (QED) is 0.632. The van der Waals surface area contributed by atoms with Crippen molar-refractivity contribution in [1.82, 2.24) is 4.98 Å². The van der Waals surface area contributed by atoms with Crippen molar-refractivity contribution < 1.29 is 9.66 Å². The third kappa shape index (κ3) is 3.54. The maximum atomic E-state index is 10.9. The molecule has 1 unspecified atom stereocenters. The number of rotatable bonds is 6. The molecule has 2 rings (SSSR count). The minimum absolute atomic E-state index is 0.00918. The summed E-state index contributed by atoms with van der Waals surface area (Å²) in [6.07, 6.45) is 0. The molecule has 0 fully saturated rings. The van der Waals surface area contributed by atoms with Crippen LogP contribution in [0.1, 0.15) is 43.4 Å². The second kappa shape index (κ2) is 6.74. The van der Waals surface area contributed by atoms with Gasteiger partial charge in [-0.05, 0) is 13.0 Å². The Morgan fingerprint density at radius 1 is 1.36 bits per heavy atom. The summed E-state index contributed by atoms with van der Waals surface area (Å²) >= 11 is 1.65. The zero-order valence-corrected chi connectivity index (χ0v) is 13.8. The number of thiazole rings is 1. The highest BCUT2D eigenvalue weighted by Crippen LogP contribution is 2.31. The van der Waals surface area contributed by atoms with Gasteiger partial charge in [-0.1, -0.05) is 13.8 Å². The normalized spacial score (nSPS) is 12.2. The Hall–Kier alpha value is -2.15. The van der Waals surface area contributed by atoms with Crippen molar-refractivity contribution in [3.05, 3.63) is 44.4 Å². The highest BCUT2D eigenvalue weighted by molar-refractivity contribution is 7.09. The molecule has 1 atom stereocenters. The smallest absolute Gasteiger partial charge is 0.311 e. The summed E-state index contributed by atoms with van der Waals surface area (Å²) in [7, 11) is 1.42. The molecule has 118 valence electrons. The molecule has 0 amide bonds. The van der Waals surface area contributed by atoms with Crippen LogP contribution in [0.5, 0.6) is 5.75 Å². The van der Waals surface area contributed by atoms with Crippen molar-refractivity contribution in [2.75, 3.05) is 12.4 Å². The molecule has 1 aromatic heterocycles. The number of anilines is 1. The molecule has 0 aliphatic rings. The van der Waals surface area contributed by atoms with E-state index in [1.807, 2.05) is 12.3 Å². The van der Waals surface area contributed by atoms with Gasteiger partial charge >= 0.3 is 5.69 Å². The van der Waals surface area contributed by atoms with Crippen molar-refractivity contribution in [1.29, 1.82) is 0 Å². The molecule has 0 saturated carbocycles. The molecule has 1 N–H and O–H groups in total. The first-order chi connectivity index (χ1) is 10.4. The second-order valence-corrected chi connectivity index (χ2v) is 6.16. The summed E-state index contributed by atoms with van der Waals surface area (Å²) in [6.45, 7) is 6.23. The molecule has 1 aromatic carbocycles. The van der Waals surface area contributed by atoms with Gasteiger partial charge in [0.1, 0.15) is 0 Å². The molecule has 0 aliphatic carbocycles. The number of nitro groups is 1. The fraction of sp³-hybridized carbons (Fsp3) is 0.400. The Labute approximate surface area is 133 Å². The van der Waals surface area contributed by atoms with E-state index < -0.39 is 4.92 Å². The highest BCUT2D eigenvalue weighted by Gasteiger charge is 2.17. The maximum absolute atomic E-state index is 10.9. The van der Waals surface area contributed by atoms with Gasteiger partial charge in [-0.2, -0.15) is 0 Å². The number of hydrogen-bond acceptors (Lipinski definition) is 6. The molecule has 6 nitrogen and oxygen atoms in total. The van der Waals surface area contributed by atoms with Crippen LogP contribution >= 0.6 is 11.3 Å². The summed E-state index contributed by atoms with van der Waals surface area (Å²) in [5.74, 6) is 0.647. The number of aromatic nitrogens is 1. The van der Waals surface area contributed by atoms with Crippen LogP contribution < -0.4 is 10.1 Å². The van der Waals surface area contributed by atoms with Crippen LogP contribution in [0, 0.1) is 10.1 Å². The van der Waals surface area contributed by atoms with Gasteiger partial charge < -0.3 is 10.1 Å². The minimum Gasteiger partial charge on any atom is -0.490 e. The van der Waals surface area contributed by atoms with E-state index >= 15 is 0 Å². The van der Waals surface area contributed by atoms with Gasteiger partial charge in [0.15, 0.2) is 5.75 Å². The van der Waals surface area contributed by atoms with E-state index in [1.165, 1.54) is 13.2 Å². The van der Waals surface area contributed by atoms with Gasteiger partial charge in [-0.3, -0.25) is 10.1 Å². The van der Waals surface area contributed by atoms with Crippen LogP contribution in [-0.2, 0) is 0 Å².